The summed E-state index contributed by atoms with van der Waals surface area (Å²) >= 11 is 6.10. The minimum absolute atomic E-state index is 0.145. The molecule has 6 heteroatoms. The molecule has 1 rings (SSSR count). The molecule has 0 aromatic heterocycles. The highest BCUT2D eigenvalue weighted by molar-refractivity contribution is 6.32. The number of carboxylic acids is 1. The number of hydrogen-bond donors (Lipinski definition) is 3. The van der Waals surface area contributed by atoms with Crippen LogP contribution in [-0.4, -0.2) is 22.1 Å². The molecule has 104 valence electrons. The van der Waals surface area contributed by atoms with Gasteiger partial charge < -0.3 is 15.5 Å². The van der Waals surface area contributed by atoms with E-state index in [2.05, 4.69) is 5.32 Å². The molecule has 1 aromatic rings. The zero-order chi connectivity index (χ0) is 14.8. The van der Waals surface area contributed by atoms with Crippen LogP contribution in [0.3, 0.4) is 0 Å². The Morgan fingerprint density at radius 2 is 1.95 bits per heavy atom. The monoisotopic (exact) mass is 285 g/mol. The minimum atomic E-state index is -0.988. The van der Waals surface area contributed by atoms with Gasteiger partial charge in [0, 0.05) is 22.9 Å². The van der Waals surface area contributed by atoms with Crippen LogP contribution in [0.25, 0.3) is 0 Å². The molecule has 0 saturated heterocycles. The lowest BCUT2D eigenvalue weighted by Crippen LogP contribution is -2.24. The molecule has 0 fully saturated rings. The van der Waals surface area contributed by atoms with Crippen molar-refractivity contribution < 1.29 is 19.8 Å². The Bertz CT molecular complexity index is 526. The molecule has 0 atom stereocenters. The van der Waals surface area contributed by atoms with Gasteiger partial charge in [-0.1, -0.05) is 25.4 Å². The van der Waals surface area contributed by atoms with Crippen LogP contribution in [0, 0.1) is 0 Å². The second-order valence-corrected chi connectivity index (χ2v) is 5.36. The van der Waals surface area contributed by atoms with Crippen molar-refractivity contribution in [3.8, 4) is 5.75 Å². The first kappa shape index (κ1) is 15.3. The Balaban J connectivity index is 3.43. The third-order valence-corrected chi connectivity index (χ3v) is 3.02. The number of carboxylic acid groups (broad SMARTS) is 1. The third kappa shape index (κ3) is 3.61. The number of nitrogens with one attached hydrogen (secondary N) is 1. The summed E-state index contributed by atoms with van der Waals surface area (Å²) in [6.07, 6.45) is -0.178. The van der Waals surface area contributed by atoms with Crippen LogP contribution in [0.4, 0.5) is 5.69 Å². The average Bonchev–Trinajstić information content (AvgIpc) is 2.20. The fourth-order valence-electron chi connectivity index (χ4n) is 2.00. The van der Waals surface area contributed by atoms with Gasteiger partial charge in [-0.2, -0.15) is 0 Å². The lowest BCUT2D eigenvalue weighted by atomic mass is 9.80. The molecular weight excluding hydrogens is 270 g/mol. The number of phenolic OH excluding ortho intramolecular Hbond substituents is 1. The van der Waals surface area contributed by atoms with Crippen molar-refractivity contribution in [3.05, 3.63) is 22.7 Å². The molecule has 5 nitrogen and oxygen atoms in total. The lowest BCUT2D eigenvalue weighted by Gasteiger charge is -2.27. The topological polar surface area (TPSA) is 86.6 Å². The molecule has 1 aromatic carbocycles. The summed E-state index contributed by atoms with van der Waals surface area (Å²) in [5.74, 6) is -1.50. The molecule has 3 N–H and O–H groups in total. The molecule has 1 amide bonds. The van der Waals surface area contributed by atoms with Crippen LogP contribution < -0.4 is 5.32 Å². The maximum absolute atomic E-state index is 11.2. The van der Waals surface area contributed by atoms with Crippen LogP contribution in [0.15, 0.2) is 12.1 Å². The number of aliphatic carboxylic acids is 1. The first-order chi connectivity index (χ1) is 8.65. The molecular formula is C13H16ClNO4. The molecule has 0 aliphatic carbocycles. The number of carbonyl (C=O) groups excluding carboxylic acids is 1. The predicted octanol–water partition coefficient (Wildman–Crippen LogP) is 2.76. The van der Waals surface area contributed by atoms with Gasteiger partial charge in [-0.25, -0.2) is 0 Å². The Morgan fingerprint density at radius 1 is 1.37 bits per heavy atom. The van der Waals surface area contributed by atoms with Crippen molar-refractivity contribution in [3.63, 3.8) is 0 Å². The summed E-state index contributed by atoms with van der Waals surface area (Å²) in [4.78, 5) is 22.1. The van der Waals surface area contributed by atoms with Crippen LogP contribution in [0.1, 0.15) is 32.8 Å². The smallest absolute Gasteiger partial charge is 0.304 e. The number of rotatable bonds is 4. The van der Waals surface area contributed by atoms with Gasteiger partial charge >= 0.3 is 5.97 Å². The number of phenols is 1. The fraction of sp³-hybridized carbons (Fsp3) is 0.385. The maximum atomic E-state index is 11.2. The number of hydrogen-bond acceptors (Lipinski definition) is 3. The number of anilines is 1. The Labute approximate surface area is 116 Å². The first-order valence-electron chi connectivity index (χ1n) is 5.66. The molecule has 0 bridgehead atoms. The van der Waals surface area contributed by atoms with Crippen molar-refractivity contribution in [2.75, 3.05) is 5.32 Å². The van der Waals surface area contributed by atoms with E-state index in [9.17, 15) is 14.7 Å². The Hall–Kier alpha value is -1.75. The van der Waals surface area contributed by atoms with Crippen LogP contribution >= 0.6 is 11.6 Å². The van der Waals surface area contributed by atoms with E-state index in [1.54, 1.807) is 13.8 Å². The van der Waals surface area contributed by atoms with E-state index in [1.165, 1.54) is 19.1 Å². The number of carbonyl (C=O) groups is 2. The van der Waals surface area contributed by atoms with Gasteiger partial charge in [0.05, 0.1) is 12.1 Å². The molecule has 0 aliphatic heterocycles. The molecule has 0 saturated carbocycles. The number of aromatic hydroxyl groups is 1. The van der Waals surface area contributed by atoms with E-state index < -0.39 is 11.4 Å². The normalized spacial score (nSPS) is 11.2. The number of amides is 1. The lowest BCUT2D eigenvalue weighted by molar-refractivity contribution is -0.138. The molecule has 0 heterocycles. The molecule has 0 aliphatic rings. The fourth-order valence-corrected chi connectivity index (χ4v) is 2.41. The zero-order valence-electron chi connectivity index (χ0n) is 11.0. The van der Waals surface area contributed by atoms with Crippen molar-refractivity contribution in [1.29, 1.82) is 0 Å². The second kappa shape index (κ2) is 5.48. The Kier molecular flexibility index (Phi) is 4.42. The quantitative estimate of drug-likeness (QED) is 0.742. The zero-order valence-corrected chi connectivity index (χ0v) is 11.7. The summed E-state index contributed by atoms with van der Waals surface area (Å²) in [6, 6.07) is 2.83. The van der Waals surface area contributed by atoms with Gasteiger partial charge in [0.1, 0.15) is 5.75 Å². The van der Waals surface area contributed by atoms with Crippen LogP contribution in [0.5, 0.6) is 5.75 Å². The maximum Gasteiger partial charge on any atom is 0.304 e. The second-order valence-electron chi connectivity index (χ2n) is 4.95. The minimum Gasteiger partial charge on any atom is -0.506 e. The number of benzene rings is 1. The van der Waals surface area contributed by atoms with Crippen LogP contribution in [-0.2, 0) is 15.0 Å². The van der Waals surface area contributed by atoms with Crippen molar-refractivity contribution >= 4 is 29.2 Å². The van der Waals surface area contributed by atoms with Crippen molar-refractivity contribution in [1.82, 2.24) is 0 Å². The number of halogens is 1. The van der Waals surface area contributed by atoms with Crippen molar-refractivity contribution in [2.45, 2.75) is 32.6 Å². The van der Waals surface area contributed by atoms with Crippen molar-refractivity contribution in [2.24, 2.45) is 0 Å². The third-order valence-electron chi connectivity index (χ3n) is 2.70. The summed E-state index contributed by atoms with van der Waals surface area (Å²) in [6.45, 7) is 4.68. The van der Waals surface area contributed by atoms with Gasteiger partial charge in [0.25, 0.3) is 0 Å². The van der Waals surface area contributed by atoms with Gasteiger partial charge in [0.15, 0.2) is 0 Å². The van der Waals surface area contributed by atoms with Gasteiger partial charge in [0.2, 0.25) is 5.91 Å². The molecule has 0 unspecified atom stereocenters. The summed E-state index contributed by atoms with van der Waals surface area (Å²) in [5, 5.41) is 21.6. The highest BCUT2D eigenvalue weighted by atomic mass is 35.5. The predicted molar refractivity (Wildman–Crippen MR) is 72.7 cm³/mol. The van der Waals surface area contributed by atoms with E-state index in [1.807, 2.05) is 0 Å². The average molecular weight is 286 g/mol. The SMILES string of the molecule is CC(=O)Nc1c(O)ccc(Cl)c1C(C)(C)CC(=O)O. The van der Waals surface area contributed by atoms with Gasteiger partial charge in [-0.05, 0) is 12.1 Å². The highest BCUT2D eigenvalue weighted by Crippen LogP contribution is 2.42. The van der Waals surface area contributed by atoms with E-state index in [4.69, 9.17) is 16.7 Å². The van der Waals surface area contributed by atoms with E-state index in [-0.39, 0.29) is 23.8 Å². The summed E-state index contributed by atoms with van der Waals surface area (Å²) < 4.78 is 0. The highest BCUT2D eigenvalue weighted by Gasteiger charge is 2.31. The van der Waals surface area contributed by atoms with E-state index in [0.29, 0.717) is 10.6 Å². The summed E-state index contributed by atoms with van der Waals surface area (Å²) in [5.41, 5.74) is -0.266. The molecule has 19 heavy (non-hydrogen) atoms. The molecule has 0 spiro atoms. The first-order valence-corrected chi connectivity index (χ1v) is 6.04. The summed E-state index contributed by atoms with van der Waals surface area (Å²) in [7, 11) is 0. The Morgan fingerprint density at radius 3 is 2.42 bits per heavy atom. The standard InChI is InChI=1S/C13H16ClNO4/c1-7(16)15-12-9(17)5-4-8(14)11(12)13(2,3)6-10(18)19/h4-5,17H,6H2,1-3H3,(H,15,16)(H,18,19). The largest absolute Gasteiger partial charge is 0.506 e. The van der Waals surface area contributed by atoms with Gasteiger partial charge in [-0.3, -0.25) is 9.59 Å². The van der Waals surface area contributed by atoms with E-state index in [0.717, 1.165) is 0 Å². The van der Waals surface area contributed by atoms with Gasteiger partial charge in [-0.15, -0.1) is 0 Å². The van der Waals surface area contributed by atoms with Crippen LogP contribution in [0.2, 0.25) is 5.02 Å². The van der Waals surface area contributed by atoms with E-state index >= 15 is 0 Å². The molecule has 0 radical (unpaired) electrons.